The Labute approximate surface area is 550 Å². The molecule has 0 aromatic heterocycles. The number of hydrogen-bond acceptors (Lipinski definition) is 23. The topological polar surface area (TPSA) is 443 Å². The molecule has 2 fully saturated rings. The first kappa shape index (κ1) is 85.6. The molecule has 23 heteroatoms. The van der Waals surface area contributed by atoms with Crippen LogP contribution in [0.5, 0.6) is 0 Å². The summed E-state index contributed by atoms with van der Waals surface area (Å²) in [6.45, 7) is 10.3. The Balaban J connectivity index is 1.77. The van der Waals surface area contributed by atoms with Crippen molar-refractivity contribution >= 4 is 0 Å². The lowest BCUT2D eigenvalue weighted by Crippen LogP contribution is -2.59. The van der Waals surface area contributed by atoms with Crippen LogP contribution in [0.4, 0.5) is 0 Å². The van der Waals surface area contributed by atoms with Crippen LogP contribution >= 0.6 is 0 Å². The summed E-state index contributed by atoms with van der Waals surface area (Å²) in [6.07, 6.45) is 1.59. The zero-order valence-corrected chi connectivity index (χ0v) is 54.6. The van der Waals surface area contributed by atoms with Gasteiger partial charge in [0.2, 0.25) is 0 Å². The Morgan fingerprint density at radius 1 is 0.495 bits per heavy atom. The Bertz CT molecular complexity index is 2240. The molecule has 93 heavy (non-hydrogen) atoms. The molecular formula is C70H118O23. The van der Waals surface area contributed by atoms with E-state index < -0.39 is 152 Å². The van der Waals surface area contributed by atoms with Crippen molar-refractivity contribution in [2.24, 2.45) is 5.92 Å². The minimum Gasteiger partial charge on any atom is -0.394 e. The van der Waals surface area contributed by atoms with E-state index in [9.17, 15) is 102 Å². The van der Waals surface area contributed by atoms with E-state index in [2.05, 4.69) is 19.2 Å². The first-order valence-corrected chi connectivity index (χ1v) is 33.3. The molecule has 0 unspecified atom stereocenters. The van der Waals surface area contributed by atoms with Crippen LogP contribution in [0.3, 0.4) is 0 Å². The first-order valence-electron chi connectivity index (χ1n) is 33.3. The second-order valence-electron chi connectivity index (χ2n) is 25.4. The molecule has 2 saturated heterocycles. The molecule has 2 rings (SSSR count). The molecule has 0 bridgehead atoms. The van der Waals surface area contributed by atoms with Crippen LogP contribution in [0, 0.1) is 5.92 Å². The number of hydrogen-bond donors (Lipinski definition) is 21. The molecule has 0 amide bonds. The Morgan fingerprint density at radius 2 is 1.04 bits per heavy atom. The minimum absolute atomic E-state index is 0.00463. The SMILES string of the molecule is C=C/C=C/CC/C=C/C=C/C=C/CC/C=C/[C@@H](O)[C@H](O)[C@@H]1O[C@@H]([C@H](O)[C@H](O)C(=C)CC[C@@H](O)[C@H]2C[C@@H](O)[C@@H](O)[C@H]([C@@H](O)[C@H](O)/C=C(\C)CC[C@H](O)C[C@H](O)[C@H](O)[C@@H](C)C[C@H](O)[C@@H](O)CCCCC[C@@H](O)CCC[C@@H](O)/C=C/C[C@@H](O)/C=C/C[C@@H](O)CO)O2)C[C@@H](O)[C@H]1O. The minimum atomic E-state index is -1.83. The molecular weight excluding hydrogens is 1210 g/mol. The molecule has 2 heterocycles. The summed E-state index contributed by atoms with van der Waals surface area (Å²) in [6, 6.07) is 0. The monoisotopic (exact) mass is 1330 g/mol. The zero-order valence-electron chi connectivity index (χ0n) is 54.6. The van der Waals surface area contributed by atoms with E-state index in [1.165, 1.54) is 18.2 Å². The average Bonchev–Trinajstić information content (AvgIpc) is 0.828. The lowest BCUT2D eigenvalue weighted by atomic mass is 9.87. The molecule has 0 aromatic carbocycles. The van der Waals surface area contributed by atoms with Crippen molar-refractivity contribution in [2.75, 3.05) is 6.61 Å². The second-order valence-corrected chi connectivity index (χ2v) is 25.4. The van der Waals surface area contributed by atoms with Crippen LogP contribution in [0.2, 0.25) is 0 Å². The quantitative estimate of drug-likeness (QED) is 0.0233. The third-order valence-electron chi connectivity index (χ3n) is 17.1. The zero-order chi connectivity index (χ0) is 69.6. The van der Waals surface area contributed by atoms with Gasteiger partial charge in [-0.1, -0.05) is 142 Å². The number of rotatable bonds is 49. The van der Waals surface area contributed by atoms with Crippen molar-refractivity contribution in [3.8, 4) is 0 Å². The maximum Gasteiger partial charge on any atom is 0.115 e. The van der Waals surface area contributed by atoms with Gasteiger partial charge in [0, 0.05) is 19.3 Å². The van der Waals surface area contributed by atoms with E-state index in [1.54, 1.807) is 44.2 Å². The molecule has 0 aromatic rings. The lowest BCUT2D eigenvalue weighted by Gasteiger charge is -2.42. The van der Waals surface area contributed by atoms with Gasteiger partial charge in [-0.2, -0.15) is 0 Å². The Morgan fingerprint density at radius 3 is 1.67 bits per heavy atom. The summed E-state index contributed by atoms with van der Waals surface area (Å²) < 4.78 is 11.6. The normalized spacial score (nSPS) is 26.9. The standard InChI is InChI=1S/C70H118O23/c1-5-6-7-8-9-10-11-12-13-14-15-16-17-20-33-54(79)64(87)69-67(90)59(84)42-61(93-69)68(91)63(86)45(3)35-37-53(78)60-41-58(83)66(89)70(92-60)65(88)56(81)38-44(2)34-36-50(75)40-57(82)62(85)46(4)39-55(80)52(77)32-21-18-19-25-47(72)26-22-27-48(73)28-23-29-49(74)30-24-31-51(76)43-71/h5-7,10-15,20,23-24,28,30,33,38,46-91H,1,3,8-9,16-19,21-22,25-27,29,31-32,34-37,39-43H2,2,4H3/b7-6+,11-10+,13-12+,15-14+,28-23+,30-24+,33-20+,44-38+/t46-,47+,48+,49+,50-,51+,52-,53+,54+,55-,56+,57-,58+,59+,60+,61+,62+,63+,64-,65-,66+,67+,68-,69-,70-/m0/s1. The van der Waals surface area contributed by atoms with Crippen LogP contribution in [0.15, 0.2) is 122 Å². The van der Waals surface area contributed by atoms with Crippen molar-refractivity contribution in [3.05, 3.63) is 122 Å². The molecule has 0 spiro atoms. The molecule has 25 atom stereocenters. The Hall–Kier alpha value is -3.52. The van der Waals surface area contributed by atoms with E-state index in [-0.39, 0.29) is 82.8 Å². The Kier molecular flexibility index (Phi) is 44.4. The van der Waals surface area contributed by atoms with E-state index >= 15 is 0 Å². The third kappa shape index (κ3) is 34.5. The molecule has 536 valence electrons. The van der Waals surface area contributed by atoms with E-state index in [1.807, 2.05) is 42.5 Å². The number of ether oxygens (including phenoxy) is 2. The fourth-order valence-corrected chi connectivity index (χ4v) is 11.1. The predicted molar refractivity (Wildman–Crippen MR) is 352 cm³/mol. The number of aliphatic hydroxyl groups excluding tert-OH is 21. The third-order valence-corrected chi connectivity index (χ3v) is 17.1. The van der Waals surface area contributed by atoms with Gasteiger partial charge in [0.15, 0.2) is 0 Å². The van der Waals surface area contributed by atoms with E-state index in [4.69, 9.17) is 14.6 Å². The van der Waals surface area contributed by atoms with Crippen LogP contribution in [-0.4, -0.2) is 260 Å². The fraction of sp³-hybridized carbons (Fsp3) is 0.714. The van der Waals surface area contributed by atoms with Gasteiger partial charge in [0.1, 0.15) is 61.0 Å². The van der Waals surface area contributed by atoms with Crippen molar-refractivity contribution in [1.82, 2.24) is 0 Å². The summed E-state index contributed by atoms with van der Waals surface area (Å²) >= 11 is 0. The average molecular weight is 1330 g/mol. The van der Waals surface area contributed by atoms with Gasteiger partial charge >= 0.3 is 0 Å². The van der Waals surface area contributed by atoms with Gasteiger partial charge in [-0.15, -0.1) is 0 Å². The van der Waals surface area contributed by atoms with Crippen molar-refractivity contribution in [3.63, 3.8) is 0 Å². The number of unbranched alkanes of at least 4 members (excludes halogenated alkanes) is 4. The number of allylic oxidation sites excluding steroid dienone is 11. The molecule has 0 saturated carbocycles. The van der Waals surface area contributed by atoms with Gasteiger partial charge in [-0.05, 0) is 121 Å². The summed E-state index contributed by atoms with van der Waals surface area (Å²) in [5, 5.41) is 223. The maximum absolute atomic E-state index is 11.2. The van der Waals surface area contributed by atoms with Gasteiger partial charge < -0.3 is 117 Å². The van der Waals surface area contributed by atoms with Gasteiger partial charge in [-0.25, -0.2) is 0 Å². The predicted octanol–water partition coefficient (Wildman–Crippen LogP) is 1.53. The molecule has 0 radical (unpaired) electrons. The smallest absolute Gasteiger partial charge is 0.115 e. The summed E-state index contributed by atoms with van der Waals surface area (Å²) in [5.41, 5.74) is 0.480. The first-order chi connectivity index (χ1) is 44.1. The maximum atomic E-state index is 11.2. The highest BCUT2D eigenvalue weighted by Crippen LogP contribution is 2.32. The summed E-state index contributed by atoms with van der Waals surface area (Å²) in [5.74, 6) is -0.676. The molecule has 23 nitrogen and oxygen atoms in total. The highest BCUT2D eigenvalue weighted by atomic mass is 16.6. The molecule has 2 aliphatic rings. The van der Waals surface area contributed by atoms with Gasteiger partial charge in [-0.3, -0.25) is 0 Å². The lowest BCUT2D eigenvalue weighted by molar-refractivity contribution is -0.234. The van der Waals surface area contributed by atoms with Gasteiger partial charge in [0.25, 0.3) is 0 Å². The highest BCUT2D eigenvalue weighted by molar-refractivity contribution is 5.13. The van der Waals surface area contributed by atoms with E-state index in [0.717, 1.165) is 12.8 Å². The van der Waals surface area contributed by atoms with E-state index in [0.29, 0.717) is 63.4 Å². The van der Waals surface area contributed by atoms with Crippen molar-refractivity contribution in [1.29, 1.82) is 0 Å². The summed E-state index contributed by atoms with van der Waals surface area (Å²) in [4.78, 5) is 0. The summed E-state index contributed by atoms with van der Waals surface area (Å²) in [7, 11) is 0. The van der Waals surface area contributed by atoms with Crippen molar-refractivity contribution < 1.29 is 117 Å². The van der Waals surface area contributed by atoms with Crippen LogP contribution in [0.25, 0.3) is 0 Å². The highest BCUT2D eigenvalue weighted by Gasteiger charge is 2.47. The fourth-order valence-electron chi connectivity index (χ4n) is 11.1. The van der Waals surface area contributed by atoms with Crippen molar-refractivity contribution in [2.45, 2.75) is 302 Å². The molecule has 2 aliphatic heterocycles. The van der Waals surface area contributed by atoms with Crippen LogP contribution < -0.4 is 0 Å². The number of aliphatic hydroxyl groups is 21. The molecule has 0 aliphatic carbocycles. The van der Waals surface area contributed by atoms with Crippen LogP contribution in [0.1, 0.15) is 155 Å². The largest absolute Gasteiger partial charge is 0.394 e. The van der Waals surface area contributed by atoms with Gasteiger partial charge in [0.05, 0.1) is 92.1 Å². The second kappa shape index (κ2) is 48.2. The molecule has 21 N–H and O–H groups in total. The van der Waals surface area contributed by atoms with Crippen LogP contribution in [-0.2, 0) is 9.47 Å².